The van der Waals surface area contributed by atoms with Crippen molar-refractivity contribution in [3.63, 3.8) is 0 Å². The number of carbonyl (C=O) groups excluding carboxylic acids is 1. The first-order chi connectivity index (χ1) is 14.6. The van der Waals surface area contributed by atoms with Crippen molar-refractivity contribution in [1.29, 1.82) is 0 Å². The second-order valence-corrected chi connectivity index (χ2v) is 7.10. The van der Waals surface area contributed by atoms with Gasteiger partial charge in [-0.1, -0.05) is 6.07 Å². The standard InChI is InChI=1S/C21H23N5O4/c1-13-11-23-16(12-22-13)20-25-24-19(30-20)14-7-9-26(10-8-14)21(27)15-5-4-6-17(28-2)18(15)29-3/h4-6,11-12,14H,7-10H2,1-3H3. The van der Waals surface area contributed by atoms with Gasteiger partial charge in [0.1, 0.15) is 5.69 Å². The van der Waals surface area contributed by atoms with E-state index in [4.69, 9.17) is 13.9 Å². The molecule has 1 aromatic carbocycles. The van der Waals surface area contributed by atoms with Crippen molar-refractivity contribution in [2.75, 3.05) is 27.3 Å². The van der Waals surface area contributed by atoms with Crippen molar-refractivity contribution in [2.24, 2.45) is 0 Å². The number of benzene rings is 1. The molecule has 1 aliphatic heterocycles. The van der Waals surface area contributed by atoms with Gasteiger partial charge < -0.3 is 18.8 Å². The Morgan fingerprint density at radius 3 is 2.57 bits per heavy atom. The number of para-hydroxylation sites is 1. The van der Waals surface area contributed by atoms with Gasteiger partial charge in [0.15, 0.2) is 11.5 Å². The Hall–Kier alpha value is -3.49. The first-order valence-electron chi connectivity index (χ1n) is 9.73. The normalized spacial score (nSPS) is 14.6. The molecule has 0 N–H and O–H groups in total. The van der Waals surface area contributed by atoms with E-state index in [0.717, 1.165) is 18.5 Å². The topological polar surface area (TPSA) is 103 Å². The minimum atomic E-state index is -0.0784. The monoisotopic (exact) mass is 409 g/mol. The van der Waals surface area contributed by atoms with Crippen LogP contribution in [0.25, 0.3) is 11.6 Å². The maximum absolute atomic E-state index is 13.0. The number of hydrogen-bond donors (Lipinski definition) is 0. The van der Waals surface area contributed by atoms with E-state index in [1.165, 1.54) is 7.11 Å². The zero-order valence-electron chi connectivity index (χ0n) is 17.2. The van der Waals surface area contributed by atoms with Gasteiger partial charge in [-0.05, 0) is 31.9 Å². The lowest BCUT2D eigenvalue weighted by Gasteiger charge is -2.31. The molecule has 9 heteroatoms. The van der Waals surface area contributed by atoms with E-state index < -0.39 is 0 Å². The minimum absolute atomic E-state index is 0.0784. The van der Waals surface area contributed by atoms with Gasteiger partial charge in [-0.2, -0.15) is 0 Å². The van der Waals surface area contributed by atoms with E-state index in [-0.39, 0.29) is 11.8 Å². The number of methoxy groups -OCH3 is 2. The molecule has 1 aliphatic rings. The number of likely N-dealkylation sites (tertiary alicyclic amines) is 1. The van der Waals surface area contributed by atoms with Crippen LogP contribution in [0.2, 0.25) is 0 Å². The molecule has 4 rings (SSSR count). The maximum atomic E-state index is 13.0. The highest BCUT2D eigenvalue weighted by Gasteiger charge is 2.29. The van der Waals surface area contributed by atoms with E-state index in [1.807, 2.05) is 11.8 Å². The summed E-state index contributed by atoms with van der Waals surface area (Å²) in [6.07, 6.45) is 4.75. The predicted molar refractivity (Wildman–Crippen MR) is 107 cm³/mol. The van der Waals surface area contributed by atoms with Crippen LogP contribution in [0.15, 0.2) is 35.0 Å². The van der Waals surface area contributed by atoms with E-state index in [1.54, 1.807) is 37.7 Å². The van der Waals surface area contributed by atoms with Gasteiger partial charge in [0.25, 0.3) is 11.8 Å². The Balaban J connectivity index is 1.43. The van der Waals surface area contributed by atoms with Crippen LogP contribution in [0.3, 0.4) is 0 Å². The molecule has 1 fully saturated rings. The summed E-state index contributed by atoms with van der Waals surface area (Å²) in [5.41, 5.74) is 1.87. The fraction of sp³-hybridized carbons (Fsp3) is 0.381. The molecule has 30 heavy (non-hydrogen) atoms. The molecule has 3 aromatic rings. The fourth-order valence-electron chi connectivity index (χ4n) is 3.56. The second-order valence-electron chi connectivity index (χ2n) is 7.10. The van der Waals surface area contributed by atoms with Crippen LogP contribution in [0, 0.1) is 6.92 Å². The van der Waals surface area contributed by atoms with Crippen LogP contribution in [-0.4, -0.2) is 58.3 Å². The van der Waals surface area contributed by atoms with Crippen molar-refractivity contribution in [1.82, 2.24) is 25.1 Å². The van der Waals surface area contributed by atoms with E-state index in [0.29, 0.717) is 47.6 Å². The third kappa shape index (κ3) is 3.83. The Bertz CT molecular complexity index is 1030. The zero-order chi connectivity index (χ0) is 21.1. The van der Waals surface area contributed by atoms with Crippen LogP contribution in [0.5, 0.6) is 11.5 Å². The number of hydrogen-bond acceptors (Lipinski definition) is 8. The van der Waals surface area contributed by atoms with Gasteiger partial charge in [-0.15, -0.1) is 10.2 Å². The van der Waals surface area contributed by atoms with Crippen LogP contribution < -0.4 is 9.47 Å². The highest BCUT2D eigenvalue weighted by molar-refractivity contribution is 5.97. The summed E-state index contributed by atoms with van der Waals surface area (Å²) >= 11 is 0. The average Bonchev–Trinajstić information content (AvgIpc) is 3.29. The maximum Gasteiger partial charge on any atom is 0.267 e. The highest BCUT2D eigenvalue weighted by atomic mass is 16.5. The zero-order valence-corrected chi connectivity index (χ0v) is 17.2. The summed E-state index contributed by atoms with van der Waals surface area (Å²) in [5.74, 6) is 1.94. The van der Waals surface area contributed by atoms with Crippen molar-refractivity contribution < 1.29 is 18.7 Å². The van der Waals surface area contributed by atoms with Crippen molar-refractivity contribution in [2.45, 2.75) is 25.7 Å². The van der Waals surface area contributed by atoms with Crippen LogP contribution in [-0.2, 0) is 0 Å². The van der Waals surface area contributed by atoms with E-state index >= 15 is 0 Å². The summed E-state index contributed by atoms with van der Waals surface area (Å²) in [6.45, 7) is 3.05. The number of rotatable bonds is 5. The molecule has 9 nitrogen and oxygen atoms in total. The number of ether oxygens (including phenoxy) is 2. The van der Waals surface area contributed by atoms with Gasteiger partial charge in [0, 0.05) is 25.2 Å². The predicted octanol–water partition coefficient (Wildman–Crippen LogP) is 2.87. The number of aryl methyl sites for hydroxylation is 1. The molecule has 0 bridgehead atoms. The third-order valence-corrected chi connectivity index (χ3v) is 5.21. The SMILES string of the molecule is COc1cccc(C(=O)N2CCC(c3nnc(-c4cnc(C)cn4)o3)CC2)c1OC. The first kappa shape index (κ1) is 19.8. The quantitative estimate of drug-likeness (QED) is 0.634. The molecule has 0 atom stereocenters. The number of amides is 1. The number of aromatic nitrogens is 4. The van der Waals surface area contributed by atoms with E-state index in [9.17, 15) is 4.79 Å². The van der Waals surface area contributed by atoms with Crippen LogP contribution in [0.1, 0.15) is 40.7 Å². The summed E-state index contributed by atoms with van der Waals surface area (Å²) in [4.78, 5) is 23.3. The molecule has 3 heterocycles. The molecule has 1 amide bonds. The summed E-state index contributed by atoms with van der Waals surface area (Å²) in [6, 6.07) is 5.31. The van der Waals surface area contributed by atoms with Crippen molar-refractivity contribution in [3.05, 3.63) is 47.7 Å². The third-order valence-electron chi connectivity index (χ3n) is 5.21. The Labute approximate surface area is 174 Å². The molecular formula is C21H23N5O4. The van der Waals surface area contributed by atoms with Gasteiger partial charge in [-0.25, -0.2) is 4.98 Å². The molecule has 0 radical (unpaired) electrons. The van der Waals surface area contributed by atoms with Gasteiger partial charge in [0.2, 0.25) is 5.89 Å². The summed E-state index contributed by atoms with van der Waals surface area (Å²) < 4.78 is 16.5. The molecule has 1 saturated heterocycles. The average molecular weight is 409 g/mol. The Kier molecular flexibility index (Phi) is 5.60. The molecule has 0 unspecified atom stereocenters. The lowest BCUT2D eigenvalue weighted by atomic mass is 9.96. The highest BCUT2D eigenvalue weighted by Crippen LogP contribution is 2.34. The smallest absolute Gasteiger partial charge is 0.267 e. The number of piperidine rings is 1. The molecule has 156 valence electrons. The molecular weight excluding hydrogens is 386 g/mol. The second kappa shape index (κ2) is 8.48. The lowest BCUT2D eigenvalue weighted by molar-refractivity contribution is 0.0702. The summed E-state index contributed by atoms with van der Waals surface area (Å²) in [7, 11) is 3.09. The lowest BCUT2D eigenvalue weighted by Crippen LogP contribution is -2.38. The fourth-order valence-corrected chi connectivity index (χ4v) is 3.56. The molecule has 0 spiro atoms. The Morgan fingerprint density at radius 1 is 1.10 bits per heavy atom. The van der Waals surface area contributed by atoms with Gasteiger partial charge in [0.05, 0.1) is 31.7 Å². The van der Waals surface area contributed by atoms with Crippen molar-refractivity contribution in [3.8, 4) is 23.1 Å². The van der Waals surface area contributed by atoms with Crippen LogP contribution >= 0.6 is 0 Å². The minimum Gasteiger partial charge on any atom is -0.493 e. The number of carbonyl (C=O) groups is 1. The summed E-state index contributed by atoms with van der Waals surface area (Å²) in [5, 5.41) is 8.30. The Morgan fingerprint density at radius 2 is 1.90 bits per heavy atom. The first-order valence-corrected chi connectivity index (χ1v) is 9.73. The van der Waals surface area contributed by atoms with E-state index in [2.05, 4.69) is 20.2 Å². The molecule has 0 saturated carbocycles. The van der Waals surface area contributed by atoms with Gasteiger partial charge in [-0.3, -0.25) is 9.78 Å². The van der Waals surface area contributed by atoms with Crippen LogP contribution in [0.4, 0.5) is 0 Å². The largest absolute Gasteiger partial charge is 0.493 e. The van der Waals surface area contributed by atoms with Gasteiger partial charge >= 0.3 is 0 Å². The molecule has 2 aromatic heterocycles. The molecule has 0 aliphatic carbocycles. The number of nitrogens with zero attached hydrogens (tertiary/aromatic N) is 5. The van der Waals surface area contributed by atoms with Crippen molar-refractivity contribution >= 4 is 5.91 Å².